The van der Waals surface area contributed by atoms with Crippen LogP contribution in [-0.2, 0) is 0 Å². The molecule has 0 radical (unpaired) electrons. The maximum absolute atomic E-state index is 11.7. The van der Waals surface area contributed by atoms with E-state index in [-0.39, 0.29) is 11.7 Å². The molecule has 0 aromatic heterocycles. The zero-order valence-electron chi connectivity index (χ0n) is 10.9. The van der Waals surface area contributed by atoms with Crippen molar-refractivity contribution in [2.24, 2.45) is 5.10 Å². The first-order chi connectivity index (χ1) is 9.70. The van der Waals surface area contributed by atoms with E-state index in [2.05, 4.69) is 10.5 Å². The van der Waals surface area contributed by atoms with E-state index in [4.69, 9.17) is 4.74 Å². The van der Waals surface area contributed by atoms with Gasteiger partial charge in [0.2, 0.25) is 0 Å². The van der Waals surface area contributed by atoms with E-state index in [1.54, 1.807) is 36.4 Å². The van der Waals surface area contributed by atoms with Gasteiger partial charge < -0.3 is 9.84 Å². The largest absolute Gasteiger partial charge is 0.504 e. The van der Waals surface area contributed by atoms with Crippen LogP contribution in [0.25, 0.3) is 0 Å². The fourth-order valence-electron chi connectivity index (χ4n) is 1.59. The summed E-state index contributed by atoms with van der Waals surface area (Å²) in [4.78, 5) is 11.7. The van der Waals surface area contributed by atoms with Crippen LogP contribution >= 0.6 is 0 Å². The average molecular weight is 270 g/mol. The van der Waals surface area contributed by atoms with E-state index in [9.17, 15) is 9.90 Å². The van der Waals surface area contributed by atoms with Crippen LogP contribution in [0.4, 0.5) is 0 Å². The molecule has 20 heavy (non-hydrogen) atoms. The number of rotatable bonds is 4. The molecule has 5 nitrogen and oxygen atoms in total. The SMILES string of the molecule is COc1cc(/C=N/NC(=O)c2ccccc2)ccc1O. The second-order valence-corrected chi connectivity index (χ2v) is 4.00. The normalized spacial score (nSPS) is 10.4. The van der Waals surface area contributed by atoms with Gasteiger partial charge in [0.15, 0.2) is 11.5 Å². The number of benzene rings is 2. The van der Waals surface area contributed by atoms with Gasteiger partial charge in [-0.05, 0) is 35.9 Å². The maximum atomic E-state index is 11.7. The fraction of sp³-hybridized carbons (Fsp3) is 0.0667. The van der Waals surface area contributed by atoms with Gasteiger partial charge >= 0.3 is 0 Å². The predicted molar refractivity (Wildman–Crippen MR) is 76.2 cm³/mol. The zero-order valence-corrected chi connectivity index (χ0v) is 10.9. The van der Waals surface area contributed by atoms with Gasteiger partial charge in [0.05, 0.1) is 13.3 Å². The Morgan fingerprint density at radius 2 is 2.00 bits per heavy atom. The molecule has 2 aromatic carbocycles. The third-order valence-electron chi connectivity index (χ3n) is 2.62. The Balaban J connectivity index is 2.02. The van der Waals surface area contributed by atoms with Crippen molar-refractivity contribution in [1.82, 2.24) is 5.43 Å². The van der Waals surface area contributed by atoms with Crippen molar-refractivity contribution in [1.29, 1.82) is 0 Å². The monoisotopic (exact) mass is 270 g/mol. The molecule has 0 atom stereocenters. The van der Waals surface area contributed by atoms with Crippen molar-refractivity contribution >= 4 is 12.1 Å². The van der Waals surface area contributed by atoms with Crippen LogP contribution in [-0.4, -0.2) is 24.3 Å². The minimum atomic E-state index is -0.285. The van der Waals surface area contributed by atoms with Crippen molar-refractivity contribution < 1.29 is 14.6 Å². The number of nitrogens with zero attached hydrogens (tertiary/aromatic N) is 1. The number of ether oxygens (including phenoxy) is 1. The van der Waals surface area contributed by atoms with Gasteiger partial charge in [-0.15, -0.1) is 0 Å². The number of hydrazone groups is 1. The Kier molecular flexibility index (Phi) is 4.34. The topological polar surface area (TPSA) is 70.9 Å². The van der Waals surface area contributed by atoms with E-state index in [1.807, 2.05) is 6.07 Å². The van der Waals surface area contributed by atoms with Gasteiger partial charge in [-0.3, -0.25) is 4.79 Å². The third-order valence-corrected chi connectivity index (χ3v) is 2.62. The molecule has 2 N–H and O–H groups in total. The summed E-state index contributed by atoms with van der Waals surface area (Å²) in [6.45, 7) is 0. The molecule has 0 unspecified atom stereocenters. The molecule has 0 aliphatic heterocycles. The number of hydrogen-bond donors (Lipinski definition) is 2. The molecule has 0 bridgehead atoms. The Morgan fingerprint density at radius 1 is 1.25 bits per heavy atom. The molecule has 2 rings (SSSR count). The number of nitrogens with one attached hydrogen (secondary N) is 1. The highest BCUT2D eigenvalue weighted by atomic mass is 16.5. The van der Waals surface area contributed by atoms with Gasteiger partial charge in [-0.2, -0.15) is 5.10 Å². The molecule has 5 heteroatoms. The van der Waals surface area contributed by atoms with Gasteiger partial charge in [-0.1, -0.05) is 18.2 Å². The smallest absolute Gasteiger partial charge is 0.271 e. The number of amides is 1. The van der Waals surface area contributed by atoms with E-state index >= 15 is 0 Å². The van der Waals surface area contributed by atoms with Crippen molar-refractivity contribution in [2.45, 2.75) is 0 Å². The summed E-state index contributed by atoms with van der Waals surface area (Å²) in [6.07, 6.45) is 1.48. The van der Waals surface area contributed by atoms with Crippen molar-refractivity contribution in [3.05, 3.63) is 59.7 Å². The molecule has 0 fully saturated rings. The molecule has 0 saturated carbocycles. The number of phenolic OH excluding ortho intramolecular Hbond substituents is 1. The maximum Gasteiger partial charge on any atom is 0.271 e. The van der Waals surface area contributed by atoms with Crippen molar-refractivity contribution in [3.8, 4) is 11.5 Å². The Morgan fingerprint density at radius 3 is 2.70 bits per heavy atom. The molecule has 0 spiro atoms. The lowest BCUT2D eigenvalue weighted by Crippen LogP contribution is -2.17. The minimum Gasteiger partial charge on any atom is -0.504 e. The van der Waals surface area contributed by atoms with Crippen LogP contribution < -0.4 is 10.2 Å². The van der Waals surface area contributed by atoms with Crippen LogP contribution in [0.5, 0.6) is 11.5 Å². The van der Waals surface area contributed by atoms with Crippen molar-refractivity contribution in [3.63, 3.8) is 0 Å². The van der Waals surface area contributed by atoms with Gasteiger partial charge in [0, 0.05) is 5.56 Å². The lowest BCUT2D eigenvalue weighted by atomic mass is 10.2. The number of carbonyl (C=O) groups excluding carboxylic acids is 1. The highest BCUT2D eigenvalue weighted by Crippen LogP contribution is 2.25. The second kappa shape index (κ2) is 6.38. The quantitative estimate of drug-likeness (QED) is 0.660. The molecule has 0 aliphatic carbocycles. The molecule has 1 amide bonds. The standard InChI is InChI=1S/C15H14N2O3/c1-20-14-9-11(7-8-13(14)18)10-16-17-15(19)12-5-3-2-4-6-12/h2-10,18H,1H3,(H,17,19)/b16-10+. The Labute approximate surface area is 116 Å². The first kappa shape index (κ1) is 13.6. The summed E-state index contributed by atoms with van der Waals surface area (Å²) in [5, 5.41) is 13.3. The first-order valence-corrected chi connectivity index (χ1v) is 5.96. The van der Waals surface area contributed by atoms with Gasteiger partial charge in [0.25, 0.3) is 5.91 Å². The molecule has 0 saturated heterocycles. The van der Waals surface area contributed by atoms with Crippen LogP contribution in [0.15, 0.2) is 53.6 Å². The summed E-state index contributed by atoms with van der Waals surface area (Å²) >= 11 is 0. The number of hydrogen-bond acceptors (Lipinski definition) is 4. The zero-order chi connectivity index (χ0) is 14.4. The number of aromatic hydroxyl groups is 1. The summed E-state index contributed by atoms with van der Waals surface area (Å²) in [5.41, 5.74) is 3.66. The lowest BCUT2D eigenvalue weighted by molar-refractivity contribution is 0.0955. The highest BCUT2D eigenvalue weighted by Gasteiger charge is 2.03. The van der Waals surface area contributed by atoms with E-state index in [1.165, 1.54) is 19.4 Å². The average Bonchev–Trinajstić information content (AvgIpc) is 2.49. The third kappa shape index (κ3) is 3.35. The van der Waals surface area contributed by atoms with Crippen LogP contribution in [0, 0.1) is 0 Å². The molecule has 0 heterocycles. The first-order valence-electron chi connectivity index (χ1n) is 5.96. The second-order valence-electron chi connectivity index (χ2n) is 4.00. The fourth-order valence-corrected chi connectivity index (χ4v) is 1.59. The van der Waals surface area contributed by atoms with E-state index in [0.717, 1.165) is 0 Å². The molecule has 2 aromatic rings. The van der Waals surface area contributed by atoms with Gasteiger partial charge in [0.1, 0.15) is 0 Å². The summed E-state index contributed by atoms with van der Waals surface area (Å²) in [6, 6.07) is 13.6. The van der Waals surface area contributed by atoms with Crippen LogP contribution in [0.2, 0.25) is 0 Å². The minimum absolute atomic E-state index is 0.0537. The number of carbonyl (C=O) groups is 1. The Bertz CT molecular complexity index is 624. The van der Waals surface area contributed by atoms with Crippen molar-refractivity contribution in [2.75, 3.05) is 7.11 Å². The van der Waals surface area contributed by atoms with Crippen LogP contribution in [0.3, 0.4) is 0 Å². The summed E-state index contributed by atoms with van der Waals surface area (Å²) in [7, 11) is 1.47. The summed E-state index contributed by atoms with van der Waals surface area (Å²) < 4.78 is 4.98. The molecular formula is C15H14N2O3. The molecule has 0 aliphatic rings. The summed E-state index contributed by atoms with van der Waals surface area (Å²) in [5.74, 6) is 0.119. The highest BCUT2D eigenvalue weighted by molar-refractivity contribution is 5.94. The van der Waals surface area contributed by atoms with E-state index in [0.29, 0.717) is 16.9 Å². The Hall–Kier alpha value is -2.82. The molecule has 102 valence electrons. The van der Waals surface area contributed by atoms with E-state index < -0.39 is 0 Å². The lowest BCUT2D eigenvalue weighted by Gasteiger charge is -2.03. The number of phenols is 1. The predicted octanol–water partition coefficient (Wildman–Crippen LogP) is 2.16. The van der Waals surface area contributed by atoms with Crippen LogP contribution in [0.1, 0.15) is 15.9 Å². The molecular weight excluding hydrogens is 256 g/mol. The number of methoxy groups -OCH3 is 1. The van der Waals surface area contributed by atoms with Gasteiger partial charge in [-0.25, -0.2) is 5.43 Å².